The first-order chi connectivity index (χ1) is 9.23. The van der Waals surface area contributed by atoms with Gasteiger partial charge in [0.15, 0.2) is 9.84 Å². The summed E-state index contributed by atoms with van der Waals surface area (Å²) >= 11 is 0. The smallest absolute Gasteiger partial charge is 0.326 e. The number of hydrogen-bond acceptors (Lipinski definition) is 4. The molecule has 4 atom stereocenters. The molecule has 1 saturated carbocycles. The molecule has 1 saturated heterocycles. The lowest BCUT2D eigenvalue weighted by atomic mass is 9.84. The van der Waals surface area contributed by atoms with Crippen molar-refractivity contribution in [2.75, 3.05) is 6.26 Å². The fourth-order valence-electron chi connectivity index (χ4n) is 3.39. The van der Waals surface area contributed by atoms with Crippen LogP contribution in [0.2, 0.25) is 0 Å². The number of hydrogen-bond donors (Lipinski definition) is 1. The minimum Gasteiger partial charge on any atom is -0.480 e. The van der Waals surface area contributed by atoms with E-state index in [1.165, 1.54) is 11.8 Å². The van der Waals surface area contributed by atoms with Crippen LogP contribution in [0.15, 0.2) is 0 Å². The topological polar surface area (TPSA) is 91.8 Å². The number of sulfone groups is 1. The number of carboxylic acid groups (broad SMARTS) is 1. The first-order valence-electron chi connectivity index (χ1n) is 6.97. The summed E-state index contributed by atoms with van der Waals surface area (Å²) in [7, 11) is -3.51. The molecule has 1 N–H and O–H groups in total. The van der Waals surface area contributed by atoms with Crippen molar-refractivity contribution in [1.82, 2.24) is 4.90 Å². The predicted octanol–water partition coefficient (Wildman–Crippen LogP) is 0.664. The van der Waals surface area contributed by atoms with Crippen molar-refractivity contribution in [3.8, 4) is 0 Å². The number of rotatable bonds is 3. The molecule has 2 aliphatic rings. The Kier molecular flexibility index (Phi) is 4.09. The standard InChI is InChI=1S/C13H21NO5S/c1-8(20(2,18)19)12(15)14-10-6-4-3-5-9(10)7-11(14)13(16)17/h8-11H,3-7H2,1-2H3,(H,16,17)/t8-,9-,10-,11+/m1/s1. The highest BCUT2D eigenvalue weighted by Gasteiger charge is 2.49. The van der Waals surface area contributed by atoms with Gasteiger partial charge in [0.25, 0.3) is 0 Å². The summed E-state index contributed by atoms with van der Waals surface area (Å²) in [5.41, 5.74) is 0. The van der Waals surface area contributed by atoms with Gasteiger partial charge in [-0.05, 0) is 32.1 Å². The van der Waals surface area contributed by atoms with Gasteiger partial charge in [-0.2, -0.15) is 0 Å². The molecule has 0 bridgehead atoms. The largest absolute Gasteiger partial charge is 0.480 e. The van der Waals surface area contributed by atoms with E-state index in [9.17, 15) is 23.1 Å². The van der Waals surface area contributed by atoms with Crippen molar-refractivity contribution in [3.63, 3.8) is 0 Å². The van der Waals surface area contributed by atoms with E-state index in [0.29, 0.717) is 6.42 Å². The summed E-state index contributed by atoms with van der Waals surface area (Å²) in [4.78, 5) is 25.2. The van der Waals surface area contributed by atoms with Crippen LogP contribution in [0, 0.1) is 5.92 Å². The molecule has 7 heteroatoms. The van der Waals surface area contributed by atoms with Crippen LogP contribution in [0.3, 0.4) is 0 Å². The minimum atomic E-state index is -3.51. The number of amides is 1. The number of fused-ring (bicyclic) bond motifs is 1. The van der Waals surface area contributed by atoms with E-state index >= 15 is 0 Å². The van der Waals surface area contributed by atoms with Crippen molar-refractivity contribution in [2.45, 2.75) is 56.4 Å². The number of carbonyl (C=O) groups is 2. The highest BCUT2D eigenvalue weighted by atomic mass is 32.2. The second-order valence-corrected chi connectivity index (χ2v) is 8.29. The Hall–Kier alpha value is -1.11. The minimum absolute atomic E-state index is 0.110. The first kappa shape index (κ1) is 15.3. The van der Waals surface area contributed by atoms with Gasteiger partial charge >= 0.3 is 5.97 Å². The maximum Gasteiger partial charge on any atom is 0.326 e. The molecule has 1 aliphatic carbocycles. The van der Waals surface area contributed by atoms with Gasteiger partial charge in [0.2, 0.25) is 5.91 Å². The van der Waals surface area contributed by atoms with Crippen LogP contribution in [-0.4, -0.2) is 53.9 Å². The molecule has 1 aliphatic heterocycles. The Bertz CT molecular complexity index is 515. The van der Waals surface area contributed by atoms with Gasteiger partial charge in [0, 0.05) is 12.3 Å². The van der Waals surface area contributed by atoms with Crippen LogP contribution in [-0.2, 0) is 19.4 Å². The number of aliphatic carboxylic acids is 1. The van der Waals surface area contributed by atoms with E-state index in [1.54, 1.807) is 0 Å². The molecule has 114 valence electrons. The molecule has 2 rings (SSSR count). The zero-order chi connectivity index (χ0) is 15.1. The van der Waals surface area contributed by atoms with Gasteiger partial charge in [-0.1, -0.05) is 12.8 Å². The van der Waals surface area contributed by atoms with Crippen LogP contribution < -0.4 is 0 Å². The summed E-state index contributed by atoms with van der Waals surface area (Å²) in [6.07, 6.45) is 5.17. The molecule has 0 spiro atoms. The van der Waals surface area contributed by atoms with Gasteiger partial charge in [0.05, 0.1) is 0 Å². The normalized spacial score (nSPS) is 31.7. The zero-order valence-corrected chi connectivity index (χ0v) is 12.6. The Morgan fingerprint density at radius 1 is 1.25 bits per heavy atom. The maximum absolute atomic E-state index is 12.4. The van der Waals surface area contributed by atoms with Crippen molar-refractivity contribution in [1.29, 1.82) is 0 Å². The van der Waals surface area contributed by atoms with E-state index in [4.69, 9.17) is 0 Å². The maximum atomic E-state index is 12.4. The second kappa shape index (κ2) is 5.35. The van der Waals surface area contributed by atoms with Crippen LogP contribution in [0.1, 0.15) is 39.0 Å². The lowest BCUT2D eigenvalue weighted by Gasteiger charge is -2.34. The fraction of sp³-hybridized carbons (Fsp3) is 0.846. The molecule has 1 heterocycles. The van der Waals surface area contributed by atoms with Crippen LogP contribution in [0.4, 0.5) is 0 Å². The van der Waals surface area contributed by atoms with Crippen LogP contribution in [0.25, 0.3) is 0 Å². The molecule has 20 heavy (non-hydrogen) atoms. The highest BCUT2D eigenvalue weighted by molar-refractivity contribution is 7.92. The molecule has 0 radical (unpaired) electrons. The number of carbonyl (C=O) groups excluding carboxylic acids is 1. The highest BCUT2D eigenvalue weighted by Crippen LogP contribution is 2.40. The Labute approximate surface area is 119 Å². The quantitative estimate of drug-likeness (QED) is 0.827. The number of nitrogens with zero attached hydrogens (tertiary/aromatic N) is 1. The molecule has 0 aromatic heterocycles. The van der Waals surface area contributed by atoms with Gasteiger partial charge in [-0.25, -0.2) is 13.2 Å². The van der Waals surface area contributed by atoms with Crippen LogP contribution in [0.5, 0.6) is 0 Å². The van der Waals surface area contributed by atoms with Crippen molar-refractivity contribution >= 4 is 21.7 Å². The van der Waals surface area contributed by atoms with Gasteiger partial charge in [-0.3, -0.25) is 4.79 Å². The first-order valence-corrected chi connectivity index (χ1v) is 8.92. The van der Waals surface area contributed by atoms with E-state index < -0.39 is 33.0 Å². The third kappa shape index (κ3) is 2.68. The number of carboxylic acids is 1. The SMILES string of the molecule is C[C@H](C(=O)N1[C@@H]2CCCC[C@@H]2C[C@H]1C(=O)O)S(C)(=O)=O. The Morgan fingerprint density at radius 2 is 1.85 bits per heavy atom. The van der Waals surface area contributed by atoms with Gasteiger partial charge < -0.3 is 10.0 Å². The molecule has 0 aromatic carbocycles. The molecule has 6 nitrogen and oxygen atoms in total. The summed E-state index contributed by atoms with van der Waals surface area (Å²) in [6.45, 7) is 1.34. The Balaban J connectivity index is 2.29. The van der Waals surface area contributed by atoms with Gasteiger partial charge in [0.1, 0.15) is 11.3 Å². The van der Waals surface area contributed by atoms with Gasteiger partial charge in [-0.15, -0.1) is 0 Å². The summed E-state index contributed by atoms with van der Waals surface area (Å²) in [6, 6.07) is -0.985. The lowest BCUT2D eigenvalue weighted by molar-refractivity contribution is -0.149. The van der Waals surface area contributed by atoms with E-state index in [-0.39, 0.29) is 12.0 Å². The summed E-state index contributed by atoms with van der Waals surface area (Å²) < 4.78 is 23.1. The molecule has 0 aromatic rings. The number of likely N-dealkylation sites (tertiary alicyclic amines) is 1. The monoisotopic (exact) mass is 303 g/mol. The van der Waals surface area contributed by atoms with E-state index in [1.807, 2.05) is 0 Å². The fourth-order valence-corrected chi connectivity index (χ4v) is 3.88. The van der Waals surface area contributed by atoms with Crippen molar-refractivity contribution < 1.29 is 23.1 Å². The molecule has 0 unspecified atom stereocenters. The molecule has 2 fully saturated rings. The predicted molar refractivity (Wildman–Crippen MR) is 72.9 cm³/mol. The molecule has 1 amide bonds. The third-order valence-electron chi connectivity index (χ3n) is 4.62. The third-order valence-corrected chi connectivity index (χ3v) is 6.10. The second-order valence-electron chi connectivity index (χ2n) is 5.92. The van der Waals surface area contributed by atoms with E-state index in [0.717, 1.165) is 31.9 Å². The van der Waals surface area contributed by atoms with Crippen molar-refractivity contribution in [2.24, 2.45) is 5.92 Å². The molecular formula is C13H21NO5S. The van der Waals surface area contributed by atoms with Crippen LogP contribution >= 0.6 is 0 Å². The summed E-state index contributed by atoms with van der Waals surface area (Å²) in [5, 5.41) is 8.14. The lowest BCUT2D eigenvalue weighted by Crippen LogP contribution is -2.51. The zero-order valence-electron chi connectivity index (χ0n) is 11.8. The summed E-state index contributed by atoms with van der Waals surface area (Å²) in [5.74, 6) is -1.40. The average molecular weight is 303 g/mol. The van der Waals surface area contributed by atoms with Crippen molar-refractivity contribution in [3.05, 3.63) is 0 Å². The molecular weight excluding hydrogens is 282 g/mol. The van der Waals surface area contributed by atoms with E-state index in [2.05, 4.69) is 0 Å². The Morgan fingerprint density at radius 3 is 2.40 bits per heavy atom. The average Bonchev–Trinajstić information content (AvgIpc) is 2.75.